The van der Waals surface area contributed by atoms with Crippen molar-refractivity contribution in [1.82, 2.24) is 10.3 Å². The average Bonchev–Trinajstić information content (AvgIpc) is 2.54. The fourth-order valence-electron chi connectivity index (χ4n) is 2.78. The number of likely N-dealkylation sites (tertiary alicyclic amines) is 1. The van der Waals surface area contributed by atoms with Crippen molar-refractivity contribution < 1.29 is 14.3 Å². The second kappa shape index (κ2) is 7.28. The molecular formula is C15H23N3O3. The first kappa shape index (κ1) is 15.6. The van der Waals surface area contributed by atoms with Crippen molar-refractivity contribution in [2.75, 3.05) is 27.3 Å². The number of carbonyl (C=O) groups excluding carboxylic acids is 1. The Morgan fingerprint density at radius 3 is 2.90 bits per heavy atom. The zero-order chi connectivity index (χ0) is 15.2. The lowest BCUT2D eigenvalue weighted by Crippen LogP contribution is -2.44. The minimum Gasteiger partial charge on any atom is -0.497 e. The van der Waals surface area contributed by atoms with E-state index in [1.54, 1.807) is 14.2 Å². The first-order valence-corrected chi connectivity index (χ1v) is 7.11. The molecule has 3 N–H and O–H groups in total. The van der Waals surface area contributed by atoms with Crippen molar-refractivity contribution >= 4 is 5.91 Å². The second-order valence-electron chi connectivity index (χ2n) is 5.26. The summed E-state index contributed by atoms with van der Waals surface area (Å²) in [5.41, 5.74) is 3.31. The molecule has 2 rings (SSSR count). The Balaban J connectivity index is 2.08. The normalized spacial score (nSPS) is 19.1. The van der Waals surface area contributed by atoms with E-state index in [0.717, 1.165) is 43.0 Å². The predicted molar refractivity (Wildman–Crippen MR) is 79.9 cm³/mol. The van der Waals surface area contributed by atoms with Crippen molar-refractivity contribution in [3.05, 3.63) is 23.8 Å². The van der Waals surface area contributed by atoms with Crippen LogP contribution in [-0.2, 0) is 11.3 Å². The lowest BCUT2D eigenvalue weighted by molar-refractivity contribution is -0.126. The summed E-state index contributed by atoms with van der Waals surface area (Å²) in [6.07, 6.45) is 1.87. The zero-order valence-electron chi connectivity index (χ0n) is 12.6. The maximum Gasteiger partial charge on any atom is 0.238 e. The Morgan fingerprint density at radius 1 is 1.43 bits per heavy atom. The Hall–Kier alpha value is -1.79. The number of nitrogens with zero attached hydrogens (tertiary/aromatic N) is 1. The summed E-state index contributed by atoms with van der Waals surface area (Å²) in [5, 5.41) is 0. The fourth-order valence-corrected chi connectivity index (χ4v) is 2.78. The van der Waals surface area contributed by atoms with Crippen molar-refractivity contribution in [2.45, 2.75) is 19.4 Å². The van der Waals surface area contributed by atoms with Gasteiger partial charge in [0.15, 0.2) is 0 Å². The average molecular weight is 293 g/mol. The molecule has 0 aromatic heterocycles. The first-order chi connectivity index (χ1) is 10.2. The number of rotatable bonds is 5. The van der Waals surface area contributed by atoms with Gasteiger partial charge in [0, 0.05) is 18.7 Å². The molecule has 1 unspecified atom stereocenters. The van der Waals surface area contributed by atoms with E-state index < -0.39 is 0 Å². The molecule has 0 radical (unpaired) electrons. The van der Waals surface area contributed by atoms with Gasteiger partial charge >= 0.3 is 0 Å². The van der Waals surface area contributed by atoms with Gasteiger partial charge in [0.2, 0.25) is 5.91 Å². The molecule has 116 valence electrons. The number of ether oxygens (including phenoxy) is 2. The third kappa shape index (κ3) is 3.86. The Labute approximate surface area is 125 Å². The minimum absolute atomic E-state index is 0.0413. The molecule has 6 heteroatoms. The van der Waals surface area contributed by atoms with E-state index >= 15 is 0 Å². The summed E-state index contributed by atoms with van der Waals surface area (Å²) < 4.78 is 10.7. The number of hydrogen-bond donors (Lipinski definition) is 2. The van der Waals surface area contributed by atoms with Gasteiger partial charge in [-0.25, -0.2) is 5.84 Å². The fraction of sp³-hybridized carbons (Fsp3) is 0.533. The Morgan fingerprint density at radius 2 is 2.24 bits per heavy atom. The largest absolute Gasteiger partial charge is 0.497 e. The van der Waals surface area contributed by atoms with Crippen molar-refractivity contribution in [3.63, 3.8) is 0 Å². The van der Waals surface area contributed by atoms with Gasteiger partial charge in [-0.15, -0.1) is 0 Å². The molecule has 1 amide bonds. The van der Waals surface area contributed by atoms with Gasteiger partial charge in [-0.2, -0.15) is 0 Å². The Kier molecular flexibility index (Phi) is 5.41. The summed E-state index contributed by atoms with van der Waals surface area (Å²) in [6.45, 7) is 2.41. The van der Waals surface area contributed by atoms with Gasteiger partial charge in [0.05, 0.1) is 20.1 Å². The smallest absolute Gasteiger partial charge is 0.238 e. The minimum atomic E-state index is -0.0858. The number of hydrogen-bond acceptors (Lipinski definition) is 5. The molecule has 1 aromatic carbocycles. The van der Waals surface area contributed by atoms with Crippen molar-refractivity contribution in [3.8, 4) is 11.5 Å². The van der Waals surface area contributed by atoms with Crippen LogP contribution in [0.1, 0.15) is 18.4 Å². The van der Waals surface area contributed by atoms with Gasteiger partial charge in [-0.05, 0) is 37.6 Å². The topological polar surface area (TPSA) is 76.8 Å². The van der Waals surface area contributed by atoms with E-state index in [0.29, 0.717) is 6.54 Å². The van der Waals surface area contributed by atoms with Crippen LogP contribution in [-0.4, -0.2) is 38.1 Å². The van der Waals surface area contributed by atoms with E-state index in [9.17, 15) is 4.79 Å². The molecule has 0 spiro atoms. The number of nitrogens with two attached hydrogens (primary N) is 1. The highest BCUT2D eigenvalue weighted by molar-refractivity contribution is 5.78. The van der Waals surface area contributed by atoms with Crippen LogP contribution >= 0.6 is 0 Å². The van der Waals surface area contributed by atoms with Gasteiger partial charge < -0.3 is 9.47 Å². The standard InChI is InChI=1S/C15H23N3O3/c1-20-13-5-6-14(21-2)12(8-13)10-18-7-3-4-11(9-18)15(19)17-16/h5-6,8,11H,3-4,7,9-10,16H2,1-2H3,(H,17,19). The summed E-state index contributed by atoms with van der Waals surface area (Å²) in [5.74, 6) is 6.74. The number of nitrogens with one attached hydrogen (secondary N) is 1. The summed E-state index contributed by atoms with van der Waals surface area (Å²) in [7, 11) is 3.31. The van der Waals surface area contributed by atoms with Crippen LogP contribution in [0, 0.1) is 5.92 Å². The maximum absolute atomic E-state index is 11.7. The van der Waals surface area contributed by atoms with Crippen LogP contribution in [0.2, 0.25) is 0 Å². The highest BCUT2D eigenvalue weighted by atomic mass is 16.5. The third-order valence-corrected chi connectivity index (χ3v) is 3.90. The molecule has 6 nitrogen and oxygen atoms in total. The summed E-state index contributed by atoms with van der Waals surface area (Å²) >= 11 is 0. The van der Waals surface area contributed by atoms with E-state index in [4.69, 9.17) is 15.3 Å². The second-order valence-corrected chi connectivity index (χ2v) is 5.26. The highest BCUT2D eigenvalue weighted by Crippen LogP contribution is 2.27. The molecule has 0 bridgehead atoms. The van der Waals surface area contributed by atoms with E-state index in [2.05, 4.69) is 10.3 Å². The Bertz CT molecular complexity index is 493. The molecule has 21 heavy (non-hydrogen) atoms. The lowest BCUT2D eigenvalue weighted by Gasteiger charge is -2.32. The molecule has 1 atom stereocenters. The number of benzene rings is 1. The van der Waals surface area contributed by atoms with Crippen LogP contribution in [0.15, 0.2) is 18.2 Å². The van der Waals surface area contributed by atoms with Crippen LogP contribution in [0.3, 0.4) is 0 Å². The molecule has 1 aliphatic heterocycles. The molecule has 1 aromatic rings. The van der Waals surface area contributed by atoms with E-state index in [1.165, 1.54) is 0 Å². The molecule has 1 saturated heterocycles. The van der Waals surface area contributed by atoms with Crippen molar-refractivity contribution in [1.29, 1.82) is 0 Å². The number of carbonyl (C=O) groups is 1. The summed E-state index contributed by atoms with van der Waals surface area (Å²) in [6, 6.07) is 5.76. The molecule has 0 saturated carbocycles. The van der Waals surface area contributed by atoms with E-state index in [1.807, 2.05) is 18.2 Å². The van der Waals surface area contributed by atoms with Gasteiger partial charge in [-0.1, -0.05) is 0 Å². The molecule has 1 fully saturated rings. The number of hydrazine groups is 1. The van der Waals surface area contributed by atoms with Crippen LogP contribution in [0.5, 0.6) is 11.5 Å². The molecule has 0 aliphatic carbocycles. The third-order valence-electron chi connectivity index (χ3n) is 3.90. The molecule has 1 aliphatic rings. The SMILES string of the molecule is COc1ccc(OC)c(CN2CCCC(C(=O)NN)C2)c1. The van der Waals surface area contributed by atoms with Crippen molar-refractivity contribution in [2.24, 2.45) is 11.8 Å². The maximum atomic E-state index is 11.7. The first-order valence-electron chi connectivity index (χ1n) is 7.11. The predicted octanol–water partition coefficient (Wildman–Crippen LogP) is 0.906. The van der Waals surface area contributed by atoms with Crippen LogP contribution < -0.4 is 20.7 Å². The number of amides is 1. The quantitative estimate of drug-likeness (QED) is 0.479. The van der Waals surface area contributed by atoms with Gasteiger partial charge in [-0.3, -0.25) is 15.1 Å². The van der Waals surface area contributed by atoms with Crippen LogP contribution in [0.4, 0.5) is 0 Å². The number of piperidine rings is 1. The molecular weight excluding hydrogens is 270 g/mol. The van der Waals surface area contributed by atoms with Gasteiger partial charge in [0.25, 0.3) is 0 Å². The van der Waals surface area contributed by atoms with E-state index in [-0.39, 0.29) is 11.8 Å². The zero-order valence-corrected chi connectivity index (χ0v) is 12.6. The van der Waals surface area contributed by atoms with Gasteiger partial charge in [0.1, 0.15) is 11.5 Å². The highest BCUT2D eigenvalue weighted by Gasteiger charge is 2.25. The molecule has 1 heterocycles. The summed E-state index contributed by atoms with van der Waals surface area (Å²) in [4.78, 5) is 13.9. The number of methoxy groups -OCH3 is 2. The lowest BCUT2D eigenvalue weighted by atomic mass is 9.97. The van der Waals surface area contributed by atoms with Crippen LogP contribution in [0.25, 0.3) is 0 Å². The monoisotopic (exact) mass is 293 g/mol.